The van der Waals surface area contributed by atoms with E-state index in [-0.39, 0.29) is 0 Å². The number of benzene rings is 8. The first-order valence-corrected chi connectivity index (χ1v) is 16.9. The van der Waals surface area contributed by atoms with E-state index in [4.69, 9.17) is 13.8 Å². The molecule has 0 N–H and O–H groups in total. The van der Waals surface area contributed by atoms with Gasteiger partial charge in [-0.05, 0) is 97.7 Å². The number of para-hydroxylation sites is 1. The molecule has 8 aromatic carbocycles. The van der Waals surface area contributed by atoms with E-state index < -0.39 is 0 Å². The molecule has 0 saturated carbocycles. The van der Waals surface area contributed by atoms with Gasteiger partial charge in [0.15, 0.2) is 5.58 Å². The number of oxazole rings is 1. The van der Waals surface area contributed by atoms with Crippen LogP contribution < -0.4 is 0 Å². The highest BCUT2D eigenvalue weighted by Crippen LogP contribution is 2.39. The fourth-order valence-corrected chi connectivity index (χ4v) is 7.25. The molecule has 0 bridgehead atoms. The second kappa shape index (κ2) is 11.5. The molecular formula is C47H29NO2. The Balaban J connectivity index is 1.04. The number of aromatic nitrogens is 1. The lowest BCUT2D eigenvalue weighted by molar-refractivity contribution is 0.617. The van der Waals surface area contributed by atoms with Gasteiger partial charge >= 0.3 is 0 Å². The van der Waals surface area contributed by atoms with Gasteiger partial charge in [-0.15, -0.1) is 0 Å². The van der Waals surface area contributed by atoms with Crippen molar-refractivity contribution in [1.82, 2.24) is 4.98 Å². The van der Waals surface area contributed by atoms with Crippen LogP contribution in [0.15, 0.2) is 185 Å². The van der Waals surface area contributed by atoms with Crippen LogP contribution in [0.3, 0.4) is 0 Å². The molecule has 0 unspecified atom stereocenters. The zero-order chi connectivity index (χ0) is 33.0. The lowest BCUT2D eigenvalue weighted by Crippen LogP contribution is -1.89. The van der Waals surface area contributed by atoms with Crippen molar-refractivity contribution < 1.29 is 8.83 Å². The predicted molar refractivity (Wildman–Crippen MR) is 206 cm³/mol. The van der Waals surface area contributed by atoms with Crippen LogP contribution in [0.1, 0.15) is 0 Å². The standard InChI is InChI=1S/C47H29NO2/c1-3-11-30(12-4-1)34-25-35(31-13-5-2-6-14-31)27-36(26-34)38-17-10-18-39-37(16-9-19-40(38)39)32-21-23-33(24-22-32)47-48-43-28-42-41-15-7-8-20-44(41)49-45(42)29-46(43)50-47/h1-29H. The molecule has 0 amide bonds. The second-order valence-corrected chi connectivity index (χ2v) is 12.7. The molecule has 0 atom stereocenters. The van der Waals surface area contributed by atoms with Crippen LogP contribution in [-0.4, -0.2) is 4.98 Å². The molecule has 10 rings (SSSR count). The highest BCUT2D eigenvalue weighted by atomic mass is 16.4. The molecule has 10 aromatic rings. The van der Waals surface area contributed by atoms with E-state index in [1.54, 1.807) is 0 Å². The van der Waals surface area contributed by atoms with Crippen LogP contribution >= 0.6 is 0 Å². The Labute approximate surface area is 288 Å². The van der Waals surface area contributed by atoms with E-state index in [0.717, 1.165) is 38.6 Å². The first-order chi connectivity index (χ1) is 24.7. The Kier molecular flexibility index (Phi) is 6.49. The summed E-state index contributed by atoms with van der Waals surface area (Å²) in [5.41, 5.74) is 13.7. The normalized spacial score (nSPS) is 11.6. The van der Waals surface area contributed by atoms with Gasteiger partial charge in [-0.2, -0.15) is 0 Å². The predicted octanol–water partition coefficient (Wildman–Crippen LogP) is 13.2. The molecule has 3 nitrogen and oxygen atoms in total. The molecule has 0 saturated heterocycles. The van der Waals surface area contributed by atoms with Crippen molar-refractivity contribution in [2.45, 2.75) is 0 Å². The highest BCUT2D eigenvalue weighted by molar-refractivity contribution is 6.09. The van der Waals surface area contributed by atoms with Crippen molar-refractivity contribution in [2.24, 2.45) is 0 Å². The lowest BCUT2D eigenvalue weighted by atomic mass is 9.89. The van der Waals surface area contributed by atoms with E-state index in [1.165, 1.54) is 49.7 Å². The molecule has 50 heavy (non-hydrogen) atoms. The van der Waals surface area contributed by atoms with Crippen LogP contribution in [0, 0.1) is 0 Å². The van der Waals surface area contributed by atoms with Crippen LogP contribution in [0.2, 0.25) is 0 Å². The fraction of sp³-hybridized carbons (Fsp3) is 0. The largest absolute Gasteiger partial charge is 0.456 e. The number of fused-ring (bicyclic) bond motifs is 5. The monoisotopic (exact) mass is 639 g/mol. The smallest absolute Gasteiger partial charge is 0.227 e. The van der Waals surface area contributed by atoms with Crippen LogP contribution in [0.5, 0.6) is 0 Å². The van der Waals surface area contributed by atoms with Crippen molar-refractivity contribution in [2.75, 3.05) is 0 Å². The van der Waals surface area contributed by atoms with E-state index in [2.05, 4.69) is 152 Å². The molecule has 0 radical (unpaired) electrons. The zero-order valence-electron chi connectivity index (χ0n) is 27.0. The second-order valence-electron chi connectivity index (χ2n) is 12.7. The van der Waals surface area contributed by atoms with Gasteiger partial charge in [0.2, 0.25) is 5.89 Å². The number of hydrogen-bond donors (Lipinski definition) is 0. The van der Waals surface area contributed by atoms with Gasteiger partial charge in [0.25, 0.3) is 0 Å². The van der Waals surface area contributed by atoms with Gasteiger partial charge < -0.3 is 8.83 Å². The third-order valence-corrected chi connectivity index (χ3v) is 9.71. The summed E-state index contributed by atoms with van der Waals surface area (Å²) >= 11 is 0. The minimum atomic E-state index is 0.594. The minimum Gasteiger partial charge on any atom is -0.456 e. The van der Waals surface area contributed by atoms with Crippen LogP contribution in [0.4, 0.5) is 0 Å². The van der Waals surface area contributed by atoms with E-state index in [1.807, 2.05) is 24.3 Å². The van der Waals surface area contributed by atoms with Gasteiger partial charge in [0.1, 0.15) is 16.7 Å². The van der Waals surface area contributed by atoms with E-state index in [0.29, 0.717) is 11.5 Å². The first kappa shape index (κ1) is 28.3. The van der Waals surface area contributed by atoms with E-state index >= 15 is 0 Å². The van der Waals surface area contributed by atoms with Crippen molar-refractivity contribution >= 4 is 43.8 Å². The molecule has 0 spiro atoms. The lowest BCUT2D eigenvalue weighted by Gasteiger charge is -2.15. The molecule has 0 aliphatic heterocycles. The van der Waals surface area contributed by atoms with Crippen LogP contribution in [0.25, 0.3) is 99.8 Å². The maximum atomic E-state index is 6.25. The molecule has 3 heteroatoms. The van der Waals surface area contributed by atoms with Gasteiger partial charge in [-0.25, -0.2) is 4.98 Å². The third-order valence-electron chi connectivity index (χ3n) is 9.71. The Bertz CT molecular complexity index is 2790. The summed E-state index contributed by atoms with van der Waals surface area (Å²) in [5.74, 6) is 0.594. The SMILES string of the molecule is c1ccc(-c2cc(-c3ccccc3)cc(-c3cccc4c(-c5ccc(-c6nc7cc8c(cc7o6)oc6ccccc68)cc5)cccc34)c2)cc1. The molecular weight excluding hydrogens is 611 g/mol. The van der Waals surface area contributed by atoms with Gasteiger partial charge in [0, 0.05) is 22.4 Å². The summed E-state index contributed by atoms with van der Waals surface area (Å²) in [6.07, 6.45) is 0. The Morgan fingerprint density at radius 2 is 0.860 bits per heavy atom. The summed E-state index contributed by atoms with van der Waals surface area (Å²) in [6.45, 7) is 0. The highest BCUT2D eigenvalue weighted by Gasteiger charge is 2.15. The van der Waals surface area contributed by atoms with Gasteiger partial charge in [-0.3, -0.25) is 0 Å². The molecule has 0 fully saturated rings. The Morgan fingerprint density at radius 1 is 0.300 bits per heavy atom. The van der Waals surface area contributed by atoms with Gasteiger partial charge in [-0.1, -0.05) is 127 Å². The summed E-state index contributed by atoms with van der Waals surface area (Å²) in [7, 11) is 0. The van der Waals surface area contributed by atoms with Crippen LogP contribution in [-0.2, 0) is 0 Å². The van der Waals surface area contributed by atoms with Gasteiger partial charge in [0.05, 0.1) is 0 Å². The number of nitrogens with zero attached hydrogens (tertiary/aromatic N) is 1. The molecule has 234 valence electrons. The average Bonchev–Trinajstić information content (AvgIpc) is 3.77. The third kappa shape index (κ3) is 4.79. The number of furan rings is 1. The summed E-state index contributed by atoms with van der Waals surface area (Å²) < 4.78 is 12.3. The molecule has 0 aliphatic carbocycles. The quantitative estimate of drug-likeness (QED) is 0.188. The van der Waals surface area contributed by atoms with Crippen molar-refractivity contribution in [3.05, 3.63) is 176 Å². The summed E-state index contributed by atoms with van der Waals surface area (Å²) in [5, 5.41) is 4.55. The maximum absolute atomic E-state index is 6.25. The molecule has 0 aliphatic rings. The fourth-order valence-electron chi connectivity index (χ4n) is 7.25. The van der Waals surface area contributed by atoms with Crippen molar-refractivity contribution in [1.29, 1.82) is 0 Å². The van der Waals surface area contributed by atoms with E-state index in [9.17, 15) is 0 Å². The van der Waals surface area contributed by atoms with Crippen molar-refractivity contribution in [3.8, 4) is 56.0 Å². The summed E-state index contributed by atoms with van der Waals surface area (Å²) in [6, 6.07) is 62.0. The topological polar surface area (TPSA) is 39.2 Å². The maximum Gasteiger partial charge on any atom is 0.227 e. The number of rotatable bonds is 5. The van der Waals surface area contributed by atoms with Crippen molar-refractivity contribution in [3.63, 3.8) is 0 Å². The number of hydrogen-bond acceptors (Lipinski definition) is 3. The summed E-state index contributed by atoms with van der Waals surface area (Å²) in [4.78, 5) is 4.87. The Morgan fingerprint density at radius 3 is 1.54 bits per heavy atom. The molecule has 2 aromatic heterocycles. The average molecular weight is 640 g/mol. The first-order valence-electron chi connectivity index (χ1n) is 16.9. The Hall–Kier alpha value is -6.71. The zero-order valence-corrected chi connectivity index (χ0v) is 27.0. The minimum absolute atomic E-state index is 0.594. The molecule has 2 heterocycles.